The number of halogens is 1. The molecule has 2 aromatic heterocycles. The van der Waals surface area contributed by atoms with Crippen molar-refractivity contribution in [2.75, 3.05) is 18.4 Å². The highest BCUT2D eigenvalue weighted by Gasteiger charge is 2.45. The highest BCUT2D eigenvalue weighted by Crippen LogP contribution is 2.53. The van der Waals surface area contributed by atoms with Crippen molar-refractivity contribution in [3.8, 4) is 11.5 Å². The number of anilines is 1. The van der Waals surface area contributed by atoms with Gasteiger partial charge in [-0.05, 0) is 44.1 Å². The first-order chi connectivity index (χ1) is 13.5. The van der Waals surface area contributed by atoms with Gasteiger partial charge in [0.25, 0.3) is 5.89 Å². The highest BCUT2D eigenvalue weighted by atomic mass is 35.5. The number of benzene rings is 1. The highest BCUT2D eigenvalue weighted by molar-refractivity contribution is 6.34. The van der Waals surface area contributed by atoms with E-state index < -0.39 is 6.04 Å². The molecule has 1 spiro atoms. The summed E-state index contributed by atoms with van der Waals surface area (Å²) in [5, 5.41) is 12.6. The van der Waals surface area contributed by atoms with Gasteiger partial charge < -0.3 is 19.6 Å². The van der Waals surface area contributed by atoms with Gasteiger partial charge in [-0.2, -0.15) is 0 Å². The molecule has 8 heteroatoms. The number of hydrogen-bond acceptors (Lipinski definition) is 5. The van der Waals surface area contributed by atoms with Crippen LogP contribution in [0.15, 0.2) is 28.7 Å². The molecule has 1 aromatic carbocycles. The molecule has 2 fully saturated rings. The van der Waals surface area contributed by atoms with E-state index in [1.54, 1.807) is 0 Å². The zero-order valence-corrected chi connectivity index (χ0v) is 16.4. The molecule has 0 radical (unpaired) electrons. The van der Waals surface area contributed by atoms with Crippen LogP contribution in [0, 0.1) is 5.41 Å². The van der Waals surface area contributed by atoms with Gasteiger partial charge in [-0.15, -0.1) is 5.10 Å². The van der Waals surface area contributed by atoms with Gasteiger partial charge in [0, 0.05) is 24.0 Å². The van der Waals surface area contributed by atoms with E-state index in [0.29, 0.717) is 22.0 Å². The molecule has 3 heterocycles. The third-order valence-corrected chi connectivity index (χ3v) is 6.39. The fourth-order valence-electron chi connectivity index (χ4n) is 4.10. The number of rotatable bonds is 4. The molecule has 1 aliphatic heterocycles. The first-order valence-corrected chi connectivity index (χ1v) is 10.1. The second-order valence-electron chi connectivity index (χ2n) is 7.96. The number of amides is 1. The lowest BCUT2D eigenvalue weighted by Crippen LogP contribution is -2.45. The summed E-state index contributed by atoms with van der Waals surface area (Å²) in [5.74, 6) is 0.388. The van der Waals surface area contributed by atoms with Crippen LogP contribution >= 0.6 is 11.6 Å². The first-order valence-electron chi connectivity index (χ1n) is 9.70. The SMILES string of the molecule is C[C@@H](Nc1nnc(-c2c(Cl)[nH]c3ccccc23)o1)C(=O)N1CCC2(CC1)CC2. The molecule has 2 N–H and O–H groups in total. The van der Waals surface area contributed by atoms with Crippen LogP contribution in [0.25, 0.3) is 22.4 Å². The molecule has 146 valence electrons. The van der Waals surface area contributed by atoms with Gasteiger partial charge in [0.05, 0.1) is 5.56 Å². The predicted octanol–water partition coefficient (Wildman–Crippen LogP) is 4.07. The molecule has 1 saturated heterocycles. The van der Waals surface area contributed by atoms with Crippen LogP contribution < -0.4 is 5.32 Å². The fourth-order valence-corrected chi connectivity index (χ4v) is 4.38. The lowest BCUT2D eigenvalue weighted by molar-refractivity contribution is -0.133. The maximum Gasteiger partial charge on any atom is 0.316 e. The van der Waals surface area contributed by atoms with Crippen molar-refractivity contribution in [3.63, 3.8) is 0 Å². The van der Waals surface area contributed by atoms with Gasteiger partial charge in [-0.1, -0.05) is 34.9 Å². The zero-order valence-electron chi connectivity index (χ0n) is 15.7. The number of hydrogen-bond donors (Lipinski definition) is 2. The van der Waals surface area contributed by atoms with E-state index in [9.17, 15) is 4.79 Å². The van der Waals surface area contributed by atoms with Gasteiger partial charge >= 0.3 is 6.01 Å². The molecule has 0 bridgehead atoms. The Morgan fingerprint density at radius 2 is 2.00 bits per heavy atom. The lowest BCUT2D eigenvalue weighted by Gasteiger charge is -2.33. The van der Waals surface area contributed by atoms with Crippen LogP contribution in [0.2, 0.25) is 5.15 Å². The van der Waals surface area contributed by atoms with Crippen molar-refractivity contribution in [1.29, 1.82) is 0 Å². The summed E-state index contributed by atoms with van der Waals surface area (Å²) < 4.78 is 5.76. The molecule has 5 rings (SSSR count). The predicted molar refractivity (Wildman–Crippen MR) is 107 cm³/mol. The summed E-state index contributed by atoms with van der Waals surface area (Å²) in [6.07, 6.45) is 4.89. The maximum atomic E-state index is 12.7. The van der Waals surface area contributed by atoms with Crippen molar-refractivity contribution in [2.45, 2.75) is 38.6 Å². The average Bonchev–Trinajstić information content (AvgIpc) is 3.14. The molecular weight excluding hydrogens is 378 g/mol. The number of likely N-dealkylation sites (tertiary alicyclic amines) is 1. The normalized spacial score (nSPS) is 19.1. The third kappa shape index (κ3) is 3.03. The Morgan fingerprint density at radius 1 is 1.25 bits per heavy atom. The van der Waals surface area contributed by atoms with Crippen molar-refractivity contribution in [3.05, 3.63) is 29.4 Å². The minimum Gasteiger partial charge on any atom is -0.403 e. The second kappa shape index (κ2) is 6.51. The van der Waals surface area contributed by atoms with Crippen molar-refractivity contribution in [2.24, 2.45) is 5.41 Å². The smallest absolute Gasteiger partial charge is 0.316 e. The number of carbonyl (C=O) groups is 1. The summed E-state index contributed by atoms with van der Waals surface area (Å²) in [6, 6.07) is 7.52. The third-order valence-electron chi connectivity index (χ3n) is 6.10. The molecule has 1 aliphatic carbocycles. The molecule has 1 atom stereocenters. The zero-order chi connectivity index (χ0) is 19.3. The number of aromatic amines is 1. The van der Waals surface area contributed by atoms with Crippen LogP contribution in [-0.4, -0.2) is 45.1 Å². The van der Waals surface area contributed by atoms with E-state index in [1.807, 2.05) is 36.1 Å². The number of piperidine rings is 1. The Labute approximate surface area is 167 Å². The first kappa shape index (κ1) is 17.6. The Balaban J connectivity index is 1.29. The second-order valence-corrected chi connectivity index (χ2v) is 8.34. The largest absolute Gasteiger partial charge is 0.403 e. The molecular formula is C20H22ClN5O2. The summed E-state index contributed by atoms with van der Waals surface area (Å²) in [7, 11) is 0. The summed E-state index contributed by atoms with van der Waals surface area (Å²) >= 11 is 6.33. The van der Waals surface area contributed by atoms with Crippen LogP contribution in [0.5, 0.6) is 0 Å². The number of nitrogens with one attached hydrogen (secondary N) is 2. The number of para-hydroxylation sites is 1. The number of aromatic nitrogens is 3. The van der Waals surface area contributed by atoms with Gasteiger partial charge in [0.15, 0.2) is 0 Å². The maximum absolute atomic E-state index is 12.7. The quantitative estimate of drug-likeness (QED) is 0.690. The minimum absolute atomic E-state index is 0.0698. The van der Waals surface area contributed by atoms with Crippen LogP contribution in [-0.2, 0) is 4.79 Å². The molecule has 0 unspecified atom stereocenters. The standard InChI is InChI=1S/C20H22ClN5O2/c1-12(18(27)26-10-8-20(6-7-20)9-11-26)22-19-25-24-17(28-19)15-13-4-2-3-5-14(13)23-16(15)21/h2-5,12,23H,6-11H2,1H3,(H,22,25)/t12-/m1/s1. The monoisotopic (exact) mass is 399 g/mol. The van der Waals surface area contributed by atoms with Crippen LogP contribution in [0.3, 0.4) is 0 Å². The van der Waals surface area contributed by atoms with Crippen molar-refractivity contribution in [1.82, 2.24) is 20.1 Å². The summed E-state index contributed by atoms with van der Waals surface area (Å²) in [5.41, 5.74) is 2.12. The van der Waals surface area contributed by atoms with Gasteiger partial charge in [-0.3, -0.25) is 4.79 Å². The Hall–Kier alpha value is -2.54. The Bertz CT molecular complexity index is 1030. The van der Waals surface area contributed by atoms with Crippen molar-refractivity contribution >= 4 is 34.4 Å². The molecule has 1 saturated carbocycles. The topological polar surface area (TPSA) is 87.0 Å². The Morgan fingerprint density at radius 3 is 2.75 bits per heavy atom. The van der Waals surface area contributed by atoms with Crippen LogP contribution in [0.4, 0.5) is 6.01 Å². The fraction of sp³-hybridized carbons (Fsp3) is 0.450. The minimum atomic E-state index is -0.431. The van der Waals surface area contributed by atoms with E-state index in [0.717, 1.165) is 36.8 Å². The number of nitrogens with zero attached hydrogens (tertiary/aromatic N) is 3. The average molecular weight is 400 g/mol. The van der Waals surface area contributed by atoms with Gasteiger partial charge in [0.2, 0.25) is 5.91 Å². The van der Waals surface area contributed by atoms with E-state index >= 15 is 0 Å². The van der Waals surface area contributed by atoms with Gasteiger partial charge in [-0.25, -0.2) is 0 Å². The van der Waals surface area contributed by atoms with E-state index in [-0.39, 0.29) is 11.9 Å². The van der Waals surface area contributed by atoms with E-state index in [4.69, 9.17) is 16.0 Å². The van der Waals surface area contributed by atoms with E-state index in [1.165, 1.54) is 12.8 Å². The number of carbonyl (C=O) groups excluding carboxylic acids is 1. The molecule has 2 aliphatic rings. The molecule has 28 heavy (non-hydrogen) atoms. The Kier molecular flexibility index (Phi) is 4.08. The number of H-pyrrole nitrogens is 1. The van der Waals surface area contributed by atoms with Crippen molar-refractivity contribution < 1.29 is 9.21 Å². The molecule has 1 amide bonds. The molecule has 3 aromatic rings. The summed E-state index contributed by atoms with van der Waals surface area (Å²) in [6.45, 7) is 3.50. The van der Waals surface area contributed by atoms with Gasteiger partial charge in [0.1, 0.15) is 11.2 Å². The number of fused-ring (bicyclic) bond motifs is 1. The molecule has 7 nitrogen and oxygen atoms in total. The lowest BCUT2D eigenvalue weighted by atomic mass is 9.93. The van der Waals surface area contributed by atoms with Crippen LogP contribution in [0.1, 0.15) is 32.6 Å². The van der Waals surface area contributed by atoms with E-state index in [2.05, 4.69) is 20.5 Å². The summed E-state index contributed by atoms with van der Waals surface area (Å²) in [4.78, 5) is 17.8.